The second-order valence-electron chi connectivity index (χ2n) is 3.13. The van der Waals surface area contributed by atoms with E-state index in [1.807, 2.05) is 42.5 Å². The first-order chi connectivity index (χ1) is 7.65. The molecule has 0 aliphatic rings. The molecule has 1 nitrogen and oxygen atoms in total. The molecule has 16 heavy (non-hydrogen) atoms. The van der Waals surface area contributed by atoms with Crippen molar-refractivity contribution in [1.82, 2.24) is 0 Å². The number of rotatable bonds is 2. The van der Waals surface area contributed by atoms with Crippen molar-refractivity contribution >= 4 is 47.8 Å². The van der Waals surface area contributed by atoms with Gasteiger partial charge in [-0.15, -0.1) is 0 Å². The summed E-state index contributed by atoms with van der Waals surface area (Å²) in [6.45, 7) is 0. The first kappa shape index (κ1) is 12.1. The van der Waals surface area contributed by atoms with Gasteiger partial charge in [-0.25, -0.2) is 0 Å². The Hall–Kier alpha value is -0.320. The minimum atomic E-state index is 0.803. The van der Waals surface area contributed by atoms with Crippen LogP contribution in [0.2, 0.25) is 0 Å². The van der Waals surface area contributed by atoms with Gasteiger partial charge in [0.25, 0.3) is 0 Å². The molecular weight excluding hydrogens is 400 g/mol. The average molecular weight is 407 g/mol. The molecule has 0 saturated carbocycles. The number of halogens is 3. The minimum Gasteiger partial charge on any atom is -0.457 e. The first-order valence-corrected chi connectivity index (χ1v) is 6.91. The number of hydrogen-bond acceptors (Lipinski definition) is 1. The molecule has 0 saturated heterocycles. The molecule has 0 spiro atoms. The molecule has 0 N–H and O–H groups in total. The van der Waals surface area contributed by atoms with Crippen molar-refractivity contribution < 1.29 is 4.74 Å². The Kier molecular flexibility index (Phi) is 4.05. The Morgan fingerprint density at radius 3 is 1.94 bits per heavy atom. The molecule has 82 valence electrons. The number of hydrogen-bond donors (Lipinski definition) is 0. The lowest BCUT2D eigenvalue weighted by Crippen LogP contribution is -1.83. The van der Waals surface area contributed by atoms with E-state index in [0.29, 0.717) is 0 Å². The summed E-state index contributed by atoms with van der Waals surface area (Å²) in [4.78, 5) is 0. The van der Waals surface area contributed by atoms with Gasteiger partial charge in [-0.05, 0) is 74.3 Å². The van der Waals surface area contributed by atoms with Crippen LogP contribution < -0.4 is 4.74 Å². The summed E-state index contributed by atoms with van der Waals surface area (Å²) >= 11 is 10.2. The predicted octanol–water partition coefficient (Wildman–Crippen LogP) is 5.77. The zero-order valence-electron chi connectivity index (χ0n) is 8.08. The van der Waals surface area contributed by atoms with E-state index in [9.17, 15) is 0 Å². The van der Waals surface area contributed by atoms with Crippen LogP contribution in [0.1, 0.15) is 0 Å². The molecule has 2 aromatic rings. The van der Waals surface area contributed by atoms with E-state index in [2.05, 4.69) is 47.8 Å². The molecule has 0 bridgehead atoms. The van der Waals surface area contributed by atoms with Gasteiger partial charge >= 0.3 is 0 Å². The first-order valence-electron chi connectivity index (χ1n) is 4.53. The zero-order chi connectivity index (χ0) is 11.5. The van der Waals surface area contributed by atoms with E-state index in [-0.39, 0.29) is 0 Å². The highest BCUT2D eigenvalue weighted by Gasteiger charge is 2.01. The fraction of sp³-hybridized carbons (Fsp3) is 0. The third-order valence-corrected chi connectivity index (χ3v) is 4.35. The van der Waals surface area contributed by atoms with Crippen LogP contribution in [0.4, 0.5) is 0 Å². The lowest BCUT2D eigenvalue weighted by atomic mass is 10.3. The third kappa shape index (κ3) is 3.09. The average Bonchev–Trinajstić information content (AvgIpc) is 2.27. The summed E-state index contributed by atoms with van der Waals surface area (Å²) in [5.41, 5.74) is 0. The van der Waals surface area contributed by atoms with E-state index < -0.39 is 0 Å². The van der Waals surface area contributed by atoms with Crippen molar-refractivity contribution in [2.45, 2.75) is 0 Å². The Morgan fingerprint density at radius 2 is 1.31 bits per heavy atom. The molecule has 2 rings (SSSR count). The van der Waals surface area contributed by atoms with Crippen LogP contribution in [0.5, 0.6) is 11.5 Å². The van der Waals surface area contributed by atoms with E-state index in [1.54, 1.807) is 0 Å². The van der Waals surface area contributed by atoms with Crippen LogP contribution in [0.25, 0.3) is 0 Å². The van der Waals surface area contributed by atoms with Crippen LogP contribution in [0.15, 0.2) is 55.9 Å². The van der Waals surface area contributed by atoms with Crippen molar-refractivity contribution in [3.63, 3.8) is 0 Å². The van der Waals surface area contributed by atoms with Gasteiger partial charge in [-0.1, -0.05) is 15.9 Å². The normalized spacial score (nSPS) is 10.2. The van der Waals surface area contributed by atoms with Crippen molar-refractivity contribution in [2.24, 2.45) is 0 Å². The Bertz CT molecular complexity index is 494. The Labute approximate surface area is 119 Å². The molecule has 0 fully saturated rings. The second-order valence-corrected chi connectivity index (χ2v) is 5.76. The van der Waals surface area contributed by atoms with E-state index in [0.717, 1.165) is 24.9 Å². The summed E-state index contributed by atoms with van der Waals surface area (Å²) < 4.78 is 8.72. The molecule has 0 aliphatic heterocycles. The molecule has 2 aromatic carbocycles. The molecule has 0 amide bonds. The number of benzene rings is 2. The Balaban J connectivity index is 2.20. The highest BCUT2D eigenvalue weighted by atomic mass is 79.9. The van der Waals surface area contributed by atoms with Crippen molar-refractivity contribution in [1.29, 1.82) is 0 Å². The maximum absolute atomic E-state index is 5.70. The molecule has 0 aromatic heterocycles. The third-order valence-electron chi connectivity index (χ3n) is 1.94. The van der Waals surface area contributed by atoms with Crippen molar-refractivity contribution in [2.75, 3.05) is 0 Å². The standard InChI is InChI=1S/C12H7Br3O/c13-8-1-3-9(4-2-8)16-10-5-6-11(14)12(15)7-10/h1-7H. The molecule has 4 heteroatoms. The highest BCUT2D eigenvalue weighted by Crippen LogP contribution is 2.30. The fourth-order valence-corrected chi connectivity index (χ4v) is 2.05. The second kappa shape index (κ2) is 5.34. The molecule has 0 radical (unpaired) electrons. The molecule has 0 heterocycles. The van der Waals surface area contributed by atoms with Gasteiger partial charge in [-0.3, -0.25) is 0 Å². The van der Waals surface area contributed by atoms with Gasteiger partial charge < -0.3 is 4.74 Å². The predicted molar refractivity (Wildman–Crippen MR) is 76.1 cm³/mol. The zero-order valence-corrected chi connectivity index (χ0v) is 12.8. The van der Waals surface area contributed by atoms with Crippen LogP contribution in [-0.2, 0) is 0 Å². The van der Waals surface area contributed by atoms with Gasteiger partial charge in [0.15, 0.2) is 0 Å². The Morgan fingerprint density at radius 1 is 0.688 bits per heavy atom. The molecular formula is C12H7Br3O. The SMILES string of the molecule is Brc1ccc(Oc2ccc(Br)c(Br)c2)cc1. The lowest BCUT2D eigenvalue weighted by Gasteiger charge is -2.06. The maximum Gasteiger partial charge on any atom is 0.128 e. The highest BCUT2D eigenvalue weighted by molar-refractivity contribution is 9.13. The van der Waals surface area contributed by atoms with Crippen LogP contribution >= 0.6 is 47.8 Å². The monoisotopic (exact) mass is 404 g/mol. The quantitative estimate of drug-likeness (QED) is 0.615. The van der Waals surface area contributed by atoms with E-state index in [1.165, 1.54) is 0 Å². The van der Waals surface area contributed by atoms with Gasteiger partial charge in [0.2, 0.25) is 0 Å². The summed E-state index contributed by atoms with van der Waals surface area (Å²) in [6.07, 6.45) is 0. The minimum absolute atomic E-state index is 0.803. The van der Waals surface area contributed by atoms with Gasteiger partial charge in [0.1, 0.15) is 11.5 Å². The summed E-state index contributed by atoms with van der Waals surface area (Å²) in [5.74, 6) is 1.62. The van der Waals surface area contributed by atoms with Gasteiger partial charge in [0.05, 0.1) is 0 Å². The van der Waals surface area contributed by atoms with Gasteiger partial charge in [0, 0.05) is 13.4 Å². The van der Waals surface area contributed by atoms with Crippen LogP contribution in [-0.4, -0.2) is 0 Å². The number of ether oxygens (including phenoxy) is 1. The van der Waals surface area contributed by atoms with Crippen molar-refractivity contribution in [3.05, 3.63) is 55.9 Å². The maximum atomic E-state index is 5.70. The topological polar surface area (TPSA) is 9.23 Å². The van der Waals surface area contributed by atoms with Gasteiger partial charge in [-0.2, -0.15) is 0 Å². The lowest BCUT2D eigenvalue weighted by molar-refractivity contribution is 0.482. The van der Waals surface area contributed by atoms with Crippen LogP contribution in [0.3, 0.4) is 0 Å². The molecule has 0 aliphatic carbocycles. The summed E-state index contributed by atoms with van der Waals surface area (Å²) in [7, 11) is 0. The smallest absolute Gasteiger partial charge is 0.128 e. The summed E-state index contributed by atoms with van der Waals surface area (Å²) in [5, 5.41) is 0. The molecule has 0 atom stereocenters. The molecule has 0 unspecified atom stereocenters. The van der Waals surface area contributed by atoms with E-state index >= 15 is 0 Å². The fourth-order valence-electron chi connectivity index (χ4n) is 1.18. The van der Waals surface area contributed by atoms with Crippen molar-refractivity contribution in [3.8, 4) is 11.5 Å². The summed E-state index contributed by atoms with van der Waals surface area (Å²) in [6, 6.07) is 13.5. The van der Waals surface area contributed by atoms with Crippen LogP contribution in [0, 0.1) is 0 Å². The van der Waals surface area contributed by atoms with E-state index in [4.69, 9.17) is 4.74 Å². The largest absolute Gasteiger partial charge is 0.457 e.